The molecule has 8 heteroatoms. The average molecular weight is 235 g/mol. The number of nitrogens with one attached hydrogen (secondary N) is 1. The molecule has 0 saturated heterocycles. The maximum absolute atomic E-state index is 11.5. The highest BCUT2D eigenvalue weighted by molar-refractivity contribution is 5.88. The van der Waals surface area contributed by atoms with Gasteiger partial charge in [-0.1, -0.05) is 6.92 Å². The molecule has 0 saturated carbocycles. The van der Waals surface area contributed by atoms with E-state index in [2.05, 4.69) is 19.9 Å². The van der Waals surface area contributed by atoms with E-state index < -0.39 is 11.5 Å². The van der Waals surface area contributed by atoms with Crippen molar-refractivity contribution in [2.45, 2.75) is 13.3 Å². The van der Waals surface area contributed by atoms with E-state index in [0.717, 1.165) is 0 Å². The van der Waals surface area contributed by atoms with E-state index in [1.807, 2.05) is 0 Å². The molecule has 88 valence electrons. The lowest BCUT2D eigenvalue weighted by Gasteiger charge is -2.03. The predicted molar refractivity (Wildman–Crippen MR) is 58.7 cm³/mol. The van der Waals surface area contributed by atoms with Crippen LogP contribution in [0.1, 0.15) is 23.1 Å². The highest BCUT2D eigenvalue weighted by Crippen LogP contribution is 2.09. The standard InChI is InChI=1S/C9H9N5O3/c1-2-3-4(8(16)17)12-5-6(11-3)13-9(10)14-7(5)15/h2H2,1H3,(H,16,17)(H3,10,11,13,14,15). The summed E-state index contributed by atoms with van der Waals surface area (Å²) in [5.41, 5.74) is 4.70. The van der Waals surface area contributed by atoms with Gasteiger partial charge in [-0.05, 0) is 6.42 Å². The molecule has 0 amide bonds. The van der Waals surface area contributed by atoms with Crippen LogP contribution >= 0.6 is 0 Å². The van der Waals surface area contributed by atoms with E-state index in [-0.39, 0.29) is 28.5 Å². The highest BCUT2D eigenvalue weighted by atomic mass is 16.4. The van der Waals surface area contributed by atoms with Crippen LogP contribution in [0, 0.1) is 0 Å². The molecule has 17 heavy (non-hydrogen) atoms. The van der Waals surface area contributed by atoms with E-state index in [0.29, 0.717) is 6.42 Å². The molecule has 4 N–H and O–H groups in total. The van der Waals surface area contributed by atoms with Gasteiger partial charge in [-0.15, -0.1) is 0 Å². The molecule has 2 aromatic rings. The monoisotopic (exact) mass is 235 g/mol. The third-order valence-corrected chi connectivity index (χ3v) is 2.17. The minimum Gasteiger partial charge on any atom is -0.476 e. The number of hydrogen-bond acceptors (Lipinski definition) is 6. The van der Waals surface area contributed by atoms with E-state index in [1.54, 1.807) is 6.92 Å². The molecule has 2 rings (SSSR count). The number of carboxylic acid groups (broad SMARTS) is 1. The number of aromatic nitrogens is 4. The first kappa shape index (κ1) is 11.0. The molecule has 0 fully saturated rings. The zero-order valence-corrected chi connectivity index (χ0v) is 8.89. The second-order valence-electron chi connectivity index (χ2n) is 3.30. The summed E-state index contributed by atoms with van der Waals surface area (Å²) in [6.45, 7) is 1.73. The van der Waals surface area contributed by atoms with Crippen molar-refractivity contribution in [3.63, 3.8) is 0 Å². The third kappa shape index (κ3) is 1.80. The van der Waals surface area contributed by atoms with Crippen LogP contribution in [0.4, 0.5) is 5.95 Å². The maximum Gasteiger partial charge on any atom is 0.356 e. The van der Waals surface area contributed by atoms with Crippen molar-refractivity contribution in [3.05, 3.63) is 21.7 Å². The number of hydrogen-bond donors (Lipinski definition) is 3. The number of rotatable bonds is 2. The molecule has 2 aromatic heterocycles. The van der Waals surface area contributed by atoms with Crippen molar-refractivity contribution in [1.82, 2.24) is 19.9 Å². The Labute approximate surface area is 94.5 Å². The molecule has 0 unspecified atom stereocenters. The molecule has 0 spiro atoms. The van der Waals surface area contributed by atoms with Crippen LogP contribution in [0.5, 0.6) is 0 Å². The number of nitrogen functional groups attached to an aromatic ring is 1. The first-order valence-electron chi connectivity index (χ1n) is 4.82. The Morgan fingerprint density at radius 2 is 2.12 bits per heavy atom. The summed E-state index contributed by atoms with van der Waals surface area (Å²) in [5.74, 6) is -1.31. The Kier molecular flexibility index (Phi) is 2.47. The Balaban J connectivity index is 2.88. The predicted octanol–water partition coefficient (Wildman–Crippen LogP) is -0.444. The van der Waals surface area contributed by atoms with Gasteiger partial charge >= 0.3 is 5.97 Å². The van der Waals surface area contributed by atoms with Gasteiger partial charge in [0.15, 0.2) is 16.9 Å². The van der Waals surface area contributed by atoms with Crippen molar-refractivity contribution in [2.24, 2.45) is 0 Å². The molecule has 8 nitrogen and oxygen atoms in total. The molecule has 0 radical (unpaired) electrons. The van der Waals surface area contributed by atoms with Crippen LogP contribution in [0.15, 0.2) is 4.79 Å². The topological polar surface area (TPSA) is 135 Å². The number of aromatic amines is 1. The summed E-state index contributed by atoms with van der Waals surface area (Å²) in [6, 6.07) is 0. The number of fused-ring (bicyclic) bond motifs is 1. The summed E-state index contributed by atoms with van der Waals surface area (Å²) in [7, 11) is 0. The van der Waals surface area contributed by atoms with E-state index in [4.69, 9.17) is 10.8 Å². The SMILES string of the molecule is CCc1nc2nc(N)[nH]c(=O)c2nc1C(=O)O. The van der Waals surface area contributed by atoms with Crippen molar-refractivity contribution in [3.8, 4) is 0 Å². The Morgan fingerprint density at radius 1 is 1.41 bits per heavy atom. The van der Waals surface area contributed by atoms with Crippen molar-refractivity contribution >= 4 is 23.1 Å². The summed E-state index contributed by atoms with van der Waals surface area (Å²) in [4.78, 5) is 36.2. The smallest absolute Gasteiger partial charge is 0.356 e. The van der Waals surface area contributed by atoms with Gasteiger partial charge in [0, 0.05) is 0 Å². The summed E-state index contributed by atoms with van der Waals surface area (Å²) >= 11 is 0. The van der Waals surface area contributed by atoms with Gasteiger partial charge in [0.2, 0.25) is 5.95 Å². The van der Waals surface area contributed by atoms with Crippen molar-refractivity contribution < 1.29 is 9.90 Å². The van der Waals surface area contributed by atoms with Gasteiger partial charge in [-0.3, -0.25) is 9.78 Å². The first-order chi connectivity index (χ1) is 8.02. The first-order valence-corrected chi connectivity index (χ1v) is 4.82. The number of carbonyl (C=O) groups is 1. The van der Waals surface area contributed by atoms with Crippen LogP contribution in [-0.2, 0) is 6.42 Å². The van der Waals surface area contributed by atoms with Gasteiger partial charge in [-0.2, -0.15) is 4.98 Å². The Bertz CT molecular complexity index is 663. The van der Waals surface area contributed by atoms with Gasteiger partial charge in [0.1, 0.15) is 0 Å². The fourth-order valence-electron chi connectivity index (χ4n) is 1.43. The number of aryl methyl sites for hydroxylation is 1. The molecule has 0 aliphatic carbocycles. The summed E-state index contributed by atoms with van der Waals surface area (Å²) in [5, 5.41) is 8.94. The average Bonchev–Trinajstić information content (AvgIpc) is 2.26. The van der Waals surface area contributed by atoms with Gasteiger partial charge in [0.25, 0.3) is 5.56 Å². The van der Waals surface area contributed by atoms with Crippen LogP contribution in [-0.4, -0.2) is 31.0 Å². The lowest BCUT2D eigenvalue weighted by atomic mass is 10.2. The number of nitrogens with two attached hydrogens (primary N) is 1. The molecule has 2 heterocycles. The van der Waals surface area contributed by atoms with E-state index >= 15 is 0 Å². The van der Waals surface area contributed by atoms with Crippen molar-refractivity contribution in [1.29, 1.82) is 0 Å². The normalized spacial score (nSPS) is 10.6. The fourth-order valence-corrected chi connectivity index (χ4v) is 1.43. The molecule has 0 aromatic carbocycles. The van der Waals surface area contributed by atoms with Crippen molar-refractivity contribution in [2.75, 3.05) is 5.73 Å². The fraction of sp³-hybridized carbons (Fsp3) is 0.222. The minimum absolute atomic E-state index is 0.0492. The lowest BCUT2D eigenvalue weighted by molar-refractivity contribution is 0.0689. The number of aromatic carboxylic acids is 1. The molecule has 0 aliphatic heterocycles. The Hall–Kier alpha value is -2.51. The van der Waals surface area contributed by atoms with Gasteiger partial charge < -0.3 is 10.8 Å². The molecular weight excluding hydrogens is 226 g/mol. The molecule has 0 atom stereocenters. The summed E-state index contributed by atoms with van der Waals surface area (Å²) < 4.78 is 0. The highest BCUT2D eigenvalue weighted by Gasteiger charge is 2.16. The van der Waals surface area contributed by atoms with Crippen LogP contribution < -0.4 is 11.3 Å². The summed E-state index contributed by atoms with van der Waals surface area (Å²) in [6.07, 6.45) is 0.374. The van der Waals surface area contributed by atoms with Crippen LogP contribution in [0.2, 0.25) is 0 Å². The van der Waals surface area contributed by atoms with Crippen LogP contribution in [0.3, 0.4) is 0 Å². The number of anilines is 1. The van der Waals surface area contributed by atoms with Gasteiger partial charge in [0.05, 0.1) is 5.69 Å². The zero-order chi connectivity index (χ0) is 12.6. The van der Waals surface area contributed by atoms with Crippen LogP contribution in [0.25, 0.3) is 11.2 Å². The second kappa shape index (κ2) is 3.81. The Morgan fingerprint density at radius 3 is 2.71 bits per heavy atom. The number of H-pyrrole nitrogens is 1. The largest absolute Gasteiger partial charge is 0.476 e. The minimum atomic E-state index is -1.23. The molecular formula is C9H9N5O3. The van der Waals surface area contributed by atoms with E-state index in [1.165, 1.54) is 0 Å². The molecule has 0 aliphatic rings. The zero-order valence-electron chi connectivity index (χ0n) is 8.89. The van der Waals surface area contributed by atoms with Gasteiger partial charge in [-0.25, -0.2) is 14.8 Å². The number of carboxylic acids is 1. The second-order valence-corrected chi connectivity index (χ2v) is 3.30. The number of nitrogens with zero attached hydrogens (tertiary/aromatic N) is 3. The quantitative estimate of drug-likeness (QED) is 0.641. The molecule has 0 bridgehead atoms. The lowest BCUT2D eigenvalue weighted by Crippen LogP contribution is -2.17. The maximum atomic E-state index is 11.5. The van der Waals surface area contributed by atoms with E-state index in [9.17, 15) is 9.59 Å². The third-order valence-electron chi connectivity index (χ3n) is 2.17.